The van der Waals surface area contributed by atoms with Gasteiger partial charge in [-0.15, -0.1) is 0 Å². The van der Waals surface area contributed by atoms with Gasteiger partial charge in [-0.05, 0) is 25.5 Å². The van der Waals surface area contributed by atoms with Crippen LogP contribution in [-0.4, -0.2) is 33.5 Å². The van der Waals surface area contributed by atoms with Gasteiger partial charge in [-0.3, -0.25) is 0 Å². The number of nitrogens with one attached hydrogen (secondary N) is 1. The molecule has 1 rings (SSSR count). The third kappa shape index (κ3) is 5.06. The normalized spacial score (nSPS) is 13.5. The minimum atomic E-state index is -3.40. The van der Waals surface area contributed by atoms with E-state index in [1.165, 1.54) is 0 Å². The molecular weight excluding hydrogens is 318 g/mol. The predicted octanol–water partition coefficient (Wildman–Crippen LogP) is 2.07. The lowest BCUT2D eigenvalue weighted by molar-refractivity contribution is 0.199. The highest BCUT2D eigenvalue weighted by Gasteiger charge is 2.13. The summed E-state index contributed by atoms with van der Waals surface area (Å²) in [7, 11) is -1.78. The Kier molecular flexibility index (Phi) is 6.28. The Labute approximate surface area is 117 Å². The third-order valence-corrected chi connectivity index (χ3v) is 4.63. The molecule has 1 aromatic carbocycles. The van der Waals surface area contributed by atoms with E-state index in [0.29, 0.717) is 24.5 Å². The summed E-state index contributed by atoms with van der Waals surface area (Å²) in [6.07, 6.45) is 0.679. The molecule has 0 bridgehead atoms. The Morgan fingerprint density at radius 3 is 2.50 bits per heavy atom. The molecule has 0 saturated heterocycles. The second kappa shape index (κ2) is 7.23. The molecule has 4 nitrogen and oxygen atoms in total. The van der Waals surface area contributed by atoms with E-state index in [2.05, 4.69) is 20.7 Å². The highest BCUT2D eigenvalue weighted by atomic mass is 79.9. The van der Waals surface area contributed by atoms with Gasteiger partial charge in [0, 0.05) is 18.5 Å². The summed E-state index contributed by atoms with van der Waals surface area (Å²) in [5, 5.41) is 0. The lowest BCUT2D eigenvalue weighted by Gasteiger charge is -2.10. The topological polar surface area (TPSA) is 55.4 Å². The summed E-state index contributed by atoms with van der Waals surface area (Å²) >= 11 is 3.41. The minimum Gasteiger partial charge on any atom is -0.384 e. The molecule has 1 unspecified atom stereocenters. The maximum Gasteiger partial charge on any atom is 0.240 e. The van der Waals surface area contributed by atoms with Crippen molar-refractivity contribution in [3.8, 4) is 0 Å². The number of hydrogen-bond acceptors (Lipinski definition) is 3. The van der Waals surface area contributed by atoms with Gasteiger partial charge >= 0.3 is 0 Å². The van der Waals surface area contributed by atoms with Crippen LogP contribution in [0.5, 0.6) is 0 Å². The smallest absolute Gasteiger partial charge is 0.240 e. The molecule has 0 aliphatic carbocycles. The highest BCUT2D eigenvalue weighted by Crippen LogP contribution is 2.10. The van der Waals surface area contributed by atoms with E-state index in [-0.39, 0.29) is 4.83 Å². The number of sulfonamides is 1. The quantitative estimate of drug-likeness (QED) is 0.776. The Morgan fingerprint density at radius 1 is 1.33 bits per heavy atom. The van der Waals surface area contributed by atoms with Crippen molar-refractivity contribution in [1.29, 1.82) is 0 Å². The molecule has 18 heavy (non-hydrogen) atoms. The first-order valence-electron chi connectivity index (χ1n) is 5.65. The first-order chi connectivity index (χ1) is 8.45. The van der Waals surface area contributed by atoms with Crippen LogP contribution in [0, 0.1) is 6.92 Å². The monoisotopic (exact) mass is 335 g/mol. The van der Waals surface area contributed by atoms with Crippen molar-refractivity contribution in [3.63, 3.8) is 0 Å². The van der Waals surface area contributed by atoms with Crippen LogP contribution in [-0.2, 0) is 14.8 Å². The van der Waals surface area contributed by atoms with E-state index in [1.54, 1.807) is 31.4 Å². The second-order valence-corrected chi connectivity index (χ2v) is 7.11. The van der Waals surface area contributed by atoms with Crippen molar-refractivity contribution in [1.82, 2.24) is 4.72 Å². The van der Waals surface area contributed by atoms with E-state index in [4.69, 9.17) is 4.74 Å². The zero-order valence-electron chi connectivity index (χ0n) is 10.5. The van der Waals surface area contributed by atoms with E-state index in [1.807, 2.05) is 6.92 Å². The minimum absolute atomic E-state index is 0.156. The SMILES string of the molecule is COCC(Br)CCNS(=O)(=O)c1ccc(C)cc1. The van der Waals surface area contributed by atoms with Gasteiger partial charge in [0.25, 0.3) is 0 Å². The van der Waals surface area contributed by atoms with Crippen molar-refractivity contribution in [2.75, 3.05) is 20.3 Å². The number of aryl methyl sites for hydroxylation is 1. The van der Waals surface area contributed by atoms with Gasteiger partial charge in [0.15, 0.2) is 0 Å². The van der Waals surface area contributed by atoms with Crippen LogP contribution in [0.1, 0.15) is 12.0 Å². The Morgan fingerprint density at radius 2 is 1.94 bits per heavy atom. The molecule has 0 saturated carbocycles. The summed E-state index contributed by atoms with van der Waals surface area (Å²) in [4.78, 5) is 0.453. The van der Waals surface area contributed by atoms with E-state index >= 15 is 0 Å². The van der Waals surface area contributed by atoms with Gasteiger partial charge in [-0.25, -0.2) is 13.1 Å². The van der Waals surface area contributed by atoms with Gasteiger partial charge < -0.3 is 4.74 Å². The first kappa shape index (κ1) is 15.6. The van der Waals surface area contributed by atoms with Gasteiger partial charge in [-0.1, -0.05) is 33.6 Å². The summed E-state index contributed by atoms with van der Waals surface area (Å²) in [6, 6.07) is 6.79. The zero-order valence-corrected chi connectivity index (χ0v) is 12.9. The van der Waals surface area contributed by atoms with E-state index in [0.717, 1.165) is 5.56 Å². The molecule has 0 aliphatic rings. The first-order valence-corrected chi connectivity index (χ1v) is 8.05. The fourth-order valence-corrected chi connectivity index (χ4v) is 2.96. The number of hydrogen-bond donors (Lipinski definition) is 1. The molecule has 0 aliphatic heterocycles. The maximum absolute atomic E-state index is 11.9. The Hall–Kier alpha value is -0.430. The molecular formula is C12H18BrNO3S. The number of methoxy groups -OCH3 is 1. The van der Waals surface area contributed by atoms with Crippen LogP contribution in [0.15, 0.2) is 29.2 Å². The number of benzene rings is 1. The Bertz CT molecular complexity index is 459. The second-order valence-electron chi connectivity index (χ2n) is 4.05. The molecule has 0 fully saturated rings. The predicted molar refractivity (Wildman–Crippen MR) is 75.6 cm³/mol. The molecule has 0 aromatic heterocycles. The molecule has 1 aromatic rings. The fraction of sp³-hybridized carbons (Fsp3) is 0.500. The van der Waals surface area contributed by atoms with Gasteiger partial charge in [0.1, 0.15) is 0 Å². The Balaban J connectivity index is 2.52. The van der Waals surface area contributed by atoms with Crippen LogP contribution in [0.4, 0.5) is 0 Å². The van der Waals surface area contributed by atoms with Crippen LogP contribution >= 0.6 is 15.9 Å². The van der Waals surface area contributed by atoms with Crippen LogP contribution in [0.3, 0.4) is 0 Å². The average Bonchev–Trinajstić information content (AvgIpc) is 2.29. The summed E-state index contributed by atoms with van der Waals surface area (Å²) in [5.74, 6) is 0. The standard InChI is InChI=1S/C12H18BrNO3S/c1-10-3-5-12(6-4-10)18(15,16)14-8-7-11(13)9-17-2/h3-6,11,14H,7-9H2,1-2H3. The molecule has 102 valence electrons. The molecule has 0 heterocycles. The largest absolute Gasteiger partial charge is 0.384 e. The zero-order chi connectivity index (χ0) is 13.6. The molecule has 6 heteroatoms. The fourth-order valence-electron chi connectivity index (χ4n) is 1.41. The van der Waals surface area contributed by atoms with Crippen LogP contribution in [0.25, 0.3) is 0 Å². The number of alkyl halides is 1. The summed E-state index contributed by atoms with van der Waals surface area (Å²) in [5.41, 5.74) is 1.04. The molecule has 0 radical (unpaired) electrons. The molecule has 1 N–H and O–H groups in total. The van der Waals surface area contributed by atoms with Crippen molar-refractivity contribution in [2.45, 2.75) is 23.1 Å². The molecule has 0 spiro atoms. The number of rotatable bonds is 7. The van der Waals surface area contributed by atoms with Gasteiger partial charge in [-0.2, -0.15) is 0 Å². The lowest BCUT2D eigenvalue weighted by Crippen LogP contribution is -2.27. The maximum atomic E-state index is 11.9. The van der Waals surface area contributed by atoms with Crippen molar-refractivity contribution in [3.05, 3.63) is 29.8 Å². The van der Waals surface area contributed by atoms with E-state index < -0.39 is 10.0 Å². The van der Waals surface area contributed by atoms with E-state index in [9.17, 15) is 8.42 Å². The number of ether oxygens (including phenoxy) is 1. The lowest BCUT2D eigenvalue weighted by atomic mass is 10.2. The third-order valence-electron chi connectivity index (χ3n) is 2.43. The summed E-state index contributed by atoms with van der Waals surface area (Å²) < 4.78 is 31.4. The number of halogens is 1. The highest BCUT2D eigenvalue weighted by molar-refractivity contribution is 9.09. The summed E-state index contributed by atoms with van der Waals surface area (Å²) in [6.45, 7) is 2.87. The van der Waals surface area contributed by atoms with Gasteiger partial charge in [0.05, 0.1) is 11.5 Å². The average molecular weight is 336 g/mol. The van der Waals surface area contributed by atoms with Crippen molar-refractivity contribution in [2.24, 2.45) is 0 Å². The van der Waals surface area contributed by atoms with Gasteiger partial charge in [0.2, 0.25) is 10.0 Å². The van der Waals surface area contributed by atoms with Crippen LogP contribution in [0.2, 0.25) is 0 Å². The molecule has 1 atom stereocenters. The van der Waals surface area contributed by atoms with Crippen LogP contribution < -0.4 is 4.72 Å². The van der Waals surface area contributed by atoms with Crippen molar-refractivity contribution >= 4 is 26.0 Å². The van der Waals surface area contributed by atoms with Crippen molar-refractivity contribution < 1.29 is 13.2 Å². The molecule has 0 amide bonds.